The van der Waals surface area contributed by atoms with Crippen molar-refractivity contribution in [1.82, 2.24) is 4.90 Å². The largest absolute Gasteiger partial charge is 0.339 e. The molecule has 1 aliphatic carbocycles. The maximum atomic E-state index is 12.5. The molecule has 2 rings (SSSR count). The third-order valence-corrected chi connectivity index (χ3v) is 5.17. The summed E-state index contributed by atoms with van der Waals surface area (Å²) in [5.74, 6) is 0.920. The minimum atomic E-state index is 0.143. The van der Waals surface area contributed by atoms with Gasteiger partial charge in [-0.2, -0.15) is 0 Å². The number of fused-ring (bicyclic) bond motifs is 1. The Bertz CT molecular complexity index is 303. The van der Waals surface area contributed by atoms with E-state index in [1.807, 2.05) is 0 Å². The van der Waals surface area contributed by atoms with Crippen LogP contribution in [0, 0.1) is 17.3 Å². The maximum absolute atomic E-state index is 12.5. The lowest BCUT2D eigenvalue weighted by Gasteiger charge is -2.33. The van der Waals surface area contributed by atoms with Crippen molar-refractivity contribution in [2.45, 2.75) is 52.5 Å². The lowest BCUT2D eigenvalue weighted by molar-refractivity contribution is -0.137. The molecule has 3 nitrogen and oxygen atoms in total. The van der Waals surface area contributed by atoms with Crippen LogP contribution in [0.2, 0.25) is 0 Å². The molecule has 0 aromatic heterocycles. The Kier molecular flexibility index (Phi) is 3.48. The molecule has 1 unspecified atom stereocenters. The molecule has 0 bridgehead atoms. The molecule has 2 aliphatic rings. The van der Waals surface area contributed by atoms with E-state index in [1.54, 1.807) is 0 Å². The highest BCUT2D eigenvalue weighted by molar-refractivity contribution is 5.79. The van der Waals surface area contributed by atoms with E-state index in [0.717, 1.165) is 25.9 Å². The van der Waals surface area contributed by atoms with Crippen molar-refractivity contribution >= 4 is 5.91 Å². The quantitative estimate of drug-likeness (QED) is 0.817. The molecule has 0 aromatic rings. The van der Waals surface area contributed by atoms with Crippen molar-refractivity contribution in [2.24, 2.45) is 23.0 Å². The van der Waals surface area contributed by atoms with Gasteiger partial charge < -0.3 is 10.6 Å². The number of carbonyl (C=O) groups excluding carboxylic acids is 1. The maximum Gasteiger partial charge on any atom is 0.225 e. The Morgan fingerprint density at radius 1 is 1.41 bits per heavy atom. The number of nitrogens with zero attached hydrogens (tertiary/aromatic N) is 1. The summed E-state index contributed by atoms with van der Waals surface area (Å²) >= 11 is 0. The second-order valence-electron chi connectivity index (χ2n) is 6.29. The summed E-state index contributed by atoms with van der Waals surface area (Å²) in [5.41, 5.74) is 6.23. The molecule has 0 spiro atoms. The summed E-state index contributed by atoms with van der Waals surface area (Å²) < 4.78 is 0. The average molecular weight is 238 g/mol. The fraction of sp³-hybridized carbons (Fsp3) is 0.929. The van der Waals surface area contributed by atoms with Crippen molar-refractivity contribution in [3.63, 3.8) is 0 Å². The Morgan fingerprint density at radius 3 is 2.71 bits per heavy atom. The Balaban J connectivity index is 2.11. The van der Waals surface area contributed by atoms with Gasteiger partial charge in [-0.3, -0.25) is 4.79 Å². The fourth-order valence-electron chi connectivity index (χ4n) is 3.55. The van der Waals surface area contributed by atoms with Gasteiger partial charge in [0, 0.05) is 23.9 Å². The number of hydrogen-bond acceptors (Lipinski definition) is 2. The molecule has 1 amide bonds. The van der Waals surface area contributed by atoms with Crippen LogP contribution in [0.15, 0.2) is 0 Å². The van der Waals surface area contributed by atoms with Gasteiger partial charge in [0.15, 0.2) is 0 Å². The first kappa shape index (κ1) is 12.9. The van der Waals surface area contributed by atoms with Crippen molar-refractivity contribution in [3.05, 3.63) is 0 Å². The minimum absolute atomic E-state index is 0.143. The monoisotopic (exact) mass is 238 g/mol. The van der Waals surface area contributed by atoms with E-state index in [1.165, 1.54) is 12.8 Å². The van der Waals surface area contributed by atoms with E-state index < -0.39 is 0 Å². The Labute approximate surface area is 105 Å². The lowest BCUT2D eigenvalue weighted by atomic mass is 9.82. The van der Waals surface area contributed by atoms with Crippen LogP contribution >= 0.6 is 0 Å². The van der Waals surface area contributed by atoms with Crippen LogP contribution in [0.1, 0.15) is 46.5 Å². The topological polar surface area (TPSA) is 46.3 Å². The van der Waals surface area contributed by atoms with Crippen LogP contribution < -0.4 is 5.73 Å². The number of hydrogen-bond donors (Lipinski definition) is 1. The van der Waals surface area contributed by atoms with Crippen molar-refractivity contribution in [1.29, 1.82) is 0 Å². The highest BCUT2D eigenvalue weighted by Crippen LogP contribution is 2.48. The van der Waals surface area contributed by atoms with Crippen molar-refractivity contribution in [2.75, 3.05) is 13.1 Å². The molecule has 1 heterocycles. The van der Waals surface area contributed by atoms with Gasteiger partial charge in [-0.15, -0.1) is 0 Å². The van der Waals surface area contributed by atoms with Crippen LogP contribution in [0.5, 0.6) is 0 Å². The van der Waals surface area contributed by atoms with Crippen LogP contribution in [0.3, 0.4) is 0 Å². The summed E-state index contributed by atoms with van der Waals surface area (Å²) in [5, 5.41) is 0. The zero-order chi connectivity index (χ0) is 12.6. The van der Waals surface area contributed by atoms with E-state index in [9.17, 15) is 4.79 Å². The van der Waals surface area contributed by atoms with Gasteiger partial charge in [0.05, 0.1) is 0 Å². The van der Waals surface area contributed by atoms with Crippen LogP contribution in [0.4, 0.5) is 0 Å². The molecule has 1 saturated carbocycles. The predicted octanol–water partition coefficient (Wildman–Crippen LogP) is 2.01. The normalized spacial score (nSPS) is 34.2. The first-order valence-corrected chi connectivity index (χ1v) is 7.02. The molecule has 0 aromatic carbocycles. The van der Waals surface area contributed by atoms with Gasteiger partial charge in [-0.25, -0.2) is 0 Å². The summed E-state index contributed by atoms with van der Waals surface area (Å²) in [6.45, 7) is 7.99. The summed E-state index contributed by atoms with van der Waals surface area (Å²) in [7, 11) is 0. The molecule has 2 fully saturated rings. The highest BCUT2D eigenvalue weighted by atomic mass is 16.2. The Hall–Kier alpha value is -0.570. The molecular weight excluding hydrogens is 212 g/mol. The zero-order valence-electron chi connectivity index (χ0n) is 11.4. The second-order valence-corrected chi connectivity index (χ2v) is 6.29. The molecule has 0 radical (unpaired) electrons. The predicted molar refractivity (Wildman–Crippen MR) is 69.5 cm³/mol. The molecule has 98 valence electrons. The van der Waals surface area contributed by atoms with Gasteiger partial charge in [-0.1, -0.05) is 27.2 Å². The van der Waals surface area contributed by atoms with Crippen LogP contribution in [-0.4, -0.2) is 29.9 Å². The summed E-state index contributed by atoms with van der Waals surface area (Å²) in [4.78, 5) is 14.6. The van der Waals surface area contributed by atoms with Crippen LogP contribution in [-0.2, 0) is 4.79 Å². The highest BCUT2D eigenvalue weighted by Gasteiger charge is 2.51. The molecule has 3 atom stereocenters. The molecule has 1 aliphatic heterocycles. The zero-order valence-corrected chi connectivity index (χ0v) is 11.4. The van der Waals surface area contributed by atoms with Gasteiger partial charge in [0.25, 0.3) is 0 Å². The number of likely N-dealkylation sites (tertiary alicyclic amines) is 1. The number of nitrogens with two attached hydrogens (primary N) is 1. The molecule has 3 heteroatoms. The van der Waals surface area contributed by atoms with Gasteiger partial charge >= 0.3 is 0 Å². The SMILES string of the molecule is CC(C)C(C)C(=O)N1CC[C@@]2(CN)CCC[C@@H]12. The molecule has 17 heavy (non-hydrogen) atoms. The second kappa shape index (κ2) is 4.60. The number of rotatable bonds is 3. The number of carbonyl (C=O) groups is 1. The first-order valence-electron chi connectivity index (χ1n) is 7.02. The van der Waals surface area contributed by atoms with E-state index in [2.05, 4.69) is 25.7 Å². The molecule has 2 N–H and O–H groups in total. The van der Waals surface area contributed by atoms with E-state index >= 15 is 0 Å². The third kappa shape index (κ3) is 1.99. The fourth-order valence-corrected chi connectivity index (χ4v) is 3.55. The summed E-state index contributed by atoms with van der Waals surface area (Å²) in [6, 6.07) is 0.432. The molecular formula is C14H26N2O. The van der Waals surface area contributed by atoms with Gasteiger partial charge in [0.1, 0.15) is 0 Å². The van der Waals surface area contributed by atoms with E-state index in [-0.39, 0.29) is 11.3 Å². The minimum Gasteiger partial charge on any atom is -0.339 e. The van der Waals surface area contributed by atoms with Crippen LogP contribution in [0.25, 0.3) is 0 Å². The van der Waals surface area contributed by atoms with Gasteiger partial charge in [0.2, 0.25) is 5.91 Å². The van der Waals surface area contributed by atoms with Crippen molar-refractivity contribution in [3.8, 4) is 0 Å². The Morgan fingerprint density at radius 2 is 2.12 bits per heavy atom. The average Bonchev–Trinajstić information content (AvgIpc) is 2.85. The summed E-state index contributed by atoms with van der Waals surface area (Å²) in [6.07, 6.45) is 4.73. The third-order valence-electron chi connectivity index (χ3n) is 5.17. The van der Waals surface area contributed by atoms with Crippen molar-refractivity contribution < 1.29 is 4.79 Å². The lowest BCUT2D eigenvalue weighted by Crippen LogP contribution is -2.45. The van der Waals surface area contributed by atoms with E-state index in [4.69, 9.17) is 5.73 Å². The first-order chi connectivity index (χ1) is 8.02. The standard InChI is InChI=1S/C14H26N2O/c1-10(2)11(3)13(17)16-8-7-14(9-15)6-4-5-12(14)16/h10-12H,4-9,15H2,1-3H3/t11?,12-,14-/m1/s1. The molecule has 1 saturated heterocycles. The number of amides is 1. The van der Waals surface area contributed by atoms with Gasteiger partial charge in [-0.05, 0) is 31.7 Å². The smallest absolute Gasteiger partial charge is 0.225 e. The van der Waals surface area contributed by atoms with E-state index in [0.29, 0.717) is 17.9 Å².